The maximum absolute atomic E-state index is 9.15. The van der Waals surface area contributed by atoms with Gasteiger partial charge < -0.3 is 0 Å². The van der Waals surface area contributed by atoms with Crippen LogP contribution in [0.5, 0.6) is 0 Å². The predicted molar refractivity (Wildman–Crippen MR) is 81.0 cm³/mol. The number of nitrogens with zero attached hydrogens (tertiary/aromatic N) is 1. The number of nitriles is 1. The van der Waals surface area contributed by atoms with Crippen LogP contribution in [0.25, 0.3) is 6.08 Å². The molecular formula is C17H13NSe. The van der Waals surface area contributed by atoms with E-state index >= 15 is 0 Å². The first-order valence-corrected chi connectivity index (χ1v) is 7.66. The molecule has 0 saturated carbocycles. The van der Waals surface area contributed by atoms with Crippen LogP contribution >= 0.6 is 0 Å². The zero-order valence-corrected chi connectivity index (χ0v) is 12.1. The van der Waals surface area contributed by atoms with Gasteiger partial charge in [-0.1, -0.05) is 0 Å². The van der Waals surface area contributed by atoms with Crippen LogP contribution in [0.2, 0.25) is 0 Å². The van der Waals surface area contributed by atoms with Gasteiger partial charge in [0.25, 0.3) is 0 Å². The van der Waals surface area contributed by atoms with Gasteiger partial charge in [0.05, 0.1) is 0 Å². The van der Waals surface area contributed by atoms with E-state index in [9.17, 15) is 0 Å². The predicted octanol–water partition coefficient (Wildman–Crippen LogP) is 3.14. The van der Waals surface area contributed by atoms with E-state index in [0.717, 1.165) is 10.0 Å². The van der Waals surface area contributed by atoms with Gasteiger partial charge in [-0.25, -0.2) is 0 Å². The summed E-state index contributed by atoms with van der Waals surface area (Å²) in [6, 6.07) is 22.5. The van der Waals surface area contributed by atoms with Crippen LogP contribution in [0.4, 0.5) is 0 Å². The van der Waals surface area contributed by atoms with Crippen molar-refractivity contribution in [3.05, 3.63) is 82.9 Å². The van der Waals surface area contributed by atoms with Gasteiger partial charge in [0, 0.05) is 0 Å². The first-order chi connectivity index (χ1) is 9.38. The van der Waals surface area contributed by atoms with Crippen LogP contribution in [0, 0.1) is 11.3 Å². The molecule has 2 heteroatoms. The molecule has 0 bridgehead atoms. The summed E-state index contributed by atoms with van der Waals surface area (Å²) in [5, 5.41) is 9.15. The van der Waals surface area contributed by atoms with Crippen molar-refractivity contribution in [3.63, 3.8) is 0 Å². The van der Waals surface area contributed by atoms with Crippen LogP contribution < -0.4 is 4.46 Å². The van der Waals surface area contributed by atoms with E-state index in [1.165, 1.54) is 4.46 Å². The number of allylic oxidation sites excluding steroid dienone is 3. The van der Waals surface area contributed by atoms with Crippen molar-refractivity contribution < 1.29 is 0 Å². The molecule has 0 aliphatic rings. The molecule has 0 atom stereocenters. The molecule has 0 aromatic heterocycles. The normalized spacial score (nSPS) is 11.4. The summed E-state index contributed by atoms with van der Waals surface area (Å²) in [6.07, 6.45) is 5.86. The molecule has 0 unspecified atom stereocenters. The molecule has 1 nitrogen and oxygen atoms in total. The molecule has 0 fully saturated rings. The van der Waals surface area contributed by atoms with Gasteiger partial charge in [0.1, 0.15) is 0 Å². The molecule has 0 aliphatic heterocycles. The fourth-order valence-corrected chi connectivity index (χ4v) is 3.07. The van der Waals surface area contributed by atoms with Crippen LogP contribution in [-0.4, -0.2) is 15.0 Å². The van der Waals surface area contributed by atoms with Crippen molar-refractivity contribution in [3.8, 4) is 6.07 Å². The third kappa shape index (κ3) is 4.60. The standard InChI is InChI=1S/C17H13NSe/c18-14-17(19-16-11-5-2-6-12-16)13-7-10-15-8-3-1-4-9-15/h1-13H/b10-7+,17-13+. The quantitative estimate of drug-likeness (QED) is 0.483. The van der Waals surface area contributed by atoms with Gasteiger partial charge >= 0.3 is 120 Å². The van der Waals surface area contributed by atoms with Crippen molar-refractivity contribution in [1.82, 2.24) is 0 Å². The molecule has 0 N–H and O–H groups in total. The van der Waals surface area contributed by atoms with Crippen LogP contribution in [0.15, 0.2) is 77.3 Å². The Morgan fingerprint density at radius 1 is 0.947 bits per heavy atom. The summed E-state index contributed by atoms with van der Waals surface area (Å²) >= 11 is 0.0804. The van der Waals surface area contributed by atoms with Gasteiger partial charge in [-0.15, -0.1) is 0 Å². The number of hydrogen-bond acceptors (Lipinski definition) is 1. The average Bonchev–Trinajstić information content (AvgIpc) is 2.48. The van der Waals surface area contributed by atoms with Crippen LogP contribution in [0.3, 0.4) is 0 Å². The van der Waals surface area contributed by atoms with E-state index in [1.807, 2.05) is 66.8 Å². The zero-order valence-electron chi connectivity index (χ0n) is 10.4. The van der Waals surface area contributed by atoms with Gasteiger partial charge in [-0.2, -0.15) is 0 Å². The van der Waals surface area contributed by atoms with Crippen molar-refractivity contribution in [1.29, 1.82) is 5.26 Å². The third-order valence-electron chi connectivity index (χ3n) is 2.42. The van der Waals surface area contributed by atoms with E-state index in [-0.39, 0.29) is 15.0 Å². The molecule has 0 radical (unpaired) electrons. The third-order valence-corrected chi connectivity index (χ3v) is 4.42. The second-order valence-electron chi connectivity index (χ2n) is 3.83. The van der Waals surface area contributed by atoms with Crippen LogP contribution in [-0.2, 0) is 0 Å². The maximum atomic E-state index is 9.15. The zero-order chi connectivity index (χ0) is 13.3. The Hall–Kier alpha value is -2.07. The summed E-state index contributed by atoms with van der Waals surface area (Å²) in [5.74, 6) is 0. The summed E-state index contributed by atoms with van der Waals surface area (Å²) in [4.78, 5) is 0. The van der Waals surface area contributed by atoms with E-state index in [0.29, 0.717) is 0 Å². The second-order valence-corrected chi connectivity index (χ2v) is 6.17. The second kappa shape index (κ2) is 7.38. The molecule has 0 amide bonds. The molecule has 19 heavy (non-hydrogen) atoms. The molecule has 2 aromatic carbocycles. The molecule has 92 valence electrons. The first kappa shape index (κ1) is 13.4. The fraction of sp³-hybridized carbons (Fsp3) is 0. The van der Waals surface area contributed by atoms with Crippen molar-refractivity contribution in [2.24, 2.45) is 0 Å². The van der Waals surface area contributed by atoms with Crippen molar-refractivity contribution in [2.45, 2.75) is 0 Å². The Balaban J connectivity index is 2.04. The molecular weight excluding hydrogens is 297 g/mol. The van der Waals surface area contributed by atoms with Gasteiger partial charge in [0.15, 0.2) is 0 Å². The Kier molecular flexibility index (Phi) is 5.19. The molecule has 2 rings (SSSR count). The number of benzene rings is 2. The Morgan fingerprint density at radius 2 is 1.58 bits per heavy atom. The van der Waals surface area contributed by atoms with Gasteiger partial charge in [-0.05, 0) is 0 Å². The first-order valence-electron chi connectivity index (χ1n) is 5.95. The molecule has 0 aliphatic carbocycles. The van der Waals surface area contributed by atoms with Crippen molar-refractivity contribution in [2.75, 3.05) is 0 Å². The minimum atomic E-state index is 0.0804. The van der Waals surface area contributed by atoms with E-state index < -0.39 is 0 Å². The Bertz CT molecular complexity index is 607. The Morgan fingerprint density at radius 3 is 2.21 bits per heavy atom. The molecule has 0 heterocycles. The SMILES string of the molecule is N#C/C(=C\C=C\c1ccccc1)[Se]c1ccccc1. The molecule has 2 aromatic rings. The fourth-order valence-electron chi connectivity index (χ4n) is 1.52. The average molecular weight is 310 g/mol. The summed E-state index contributed by atoms with van der Waals surface area (Å²) in [7, 11) is 0. The van der Waals surface area contributed by atoms with E-state index in [4.69, 9.17) is 5.26 Å². The number of rotatable bonds is 4. The summed E-state index contributed by atoms with van der Waals surface area (Å²) in [5.41, 5.74) is 1.14. The van der Waals surface area contributed by atoms with Gasteiger partial charge in [-0.3, -0.25) is 0 Å². The molecule has 0 spiro atoms. The van der Waals surface area contributed by atoms with Crippen molar-refractivity contribution >= 4 is 25.5 Å². The van der Waals surface area contributed by atoms with E-state index in [1.54, 1.807) is 0 Å². The minimum absolute atomic E-state index is 0.0804. The molecule has 0 saturated heterocycles. The van der Waals surface area contributed by atoms with Gasteiger partial charge in [0.2, 0.25) is 0 Å². The topological polar surface area (TPSA) is 23.8 Å². The number of hydrogen-bond donors (Lipinski definition) is 0. The summed E-state index contributed by atoms with van der Waals surface area (Å²) < 4.78 is 2.04. The van der Waals surface area contributed by atoms with Crippen LogP contribution in [0.1, 0.15) is 5.56 Å². The monoisotopic (exact) mass is 311 g/mol. The van der Waals surface area contributed by atoms with E-state index in [2.05, 4.69) is 18.2 Å². The summed E-state index contributed by atoms with van der Waals surface area (Å²) in [6.45, 7) is 0. The Labute approximate surface area is 120 Å².